The molecule has 2 N–H and O–H groups in total. The minimum Gasteiger partial charge on any atom is -0.478 e. The highest BCUT2D eigenvalue weighted by Crippen LogP contribution is 2.03. The molecule has 0 spiro atoms. The Balaban J connectivity index is 0.000000191. The molecule has 0 heterocycles. The molecule has 0 saturated heterocycles. The highest BCUT2D eigenvalue weighted by Gasteiger charge is 1.96. The van der Waals surface area contributed by atoms with Crippen molar-refractivity contribution >= 4 is 18.1 Å². The van der Waals surface area contributed by atoms with Crippen molar-refractivity contribution in [2.24, 2.45) is 0 Å². The fraction of sp³-hybridized carbons (Fsp3) is 0. The maximum atomic E-state index is 10.2. The Morgan fingerprint density at radius 2 is 1.53 bits per heavy atom. The first kappa shape index (κ1) is 14.2. The molecule has 0 saturated carbocycles. The van der Waals surface area contributed by atoms with Crippen molar-refractivity contribution < 1.29 is 19.5 Å². The summed E-state index contributed by atoms with van der Waals surface area (Å²) in [6.45, 7) is 0.340. The Morgan fingerprint density at radius 1 is 1.00 bits per heavy atom. The molecule has 2 aromatic carbocycles. The smallest absolute Gasteiger partial charge is 0.335 e. The Kier molecular flexibility index (Phi) is 6.22. The Bertz CT molecular complexity index is 499. The van der Waals surface area contributed by atoms with Crippen LogP contribution < -0.4 is 5.48 Å². The molecule has 0 aromatic heterocycles. The second kappa shape index (κ2) is 8.30. The normalized spacial score (nSPS) is 8.63. The van der Waals surface area contributed by atoms with Gasteiger partial charge < -0.3 is 9.94 Å². The molecule has 0 atom stereocenters. The zero-order valence-corrected chi connectivity index (χ0v) is 10.0. The molecule has 0 aliphatic carbocycles. The van der Waals surface area contributed by atoms with Crippen molar-refractivity contribution in [2.75, 3.05) is 5.48 Å². The standard InChI is InChI=1S/C7H7NO2.C7H6O2/c9-6-10-8-7-4-2-1-3-5-7;8-7(9)6-4-2-1-3-5-6/h1-6,8H;1-5H,(H,8,9). The number of carbonyl (C=O) groups is 2. The van der Waals surface area contributed by atoms with E-state index < -0.39 is 5.97 Å². The van der Waals surface area contributed by atoms with Gasteiger partial charge in [-0.15, -0.1) is 0 Å². The highest BCUT2D eigenvalue weighted by atomic mass is 16.7. The molecular formula is C14H13NO4. The summed E-state index contributed by atoms with van der Waals surface area (Å²) >= 11 is 0. The topological polar surface area (TPSA) is 75.6 Å². The van der Waals surface area contributed by atoms with Crippen molar-refractivity contribution in [1.29, 1.82) is 0 Å². The highest BCUT2D eigenvalue weighted by molar-refractivity contribution is 5.87. The molecule has 0 radical (unpaired) electrons. The monoisotopic (exact) mass is 259 g/mol. The summed E-state index contributed by atoms with van der Waals surface area (Å²) in [6.07, 6.45) is 0. The van der Waals surface area contributed by atoms with E-state index in [0.717, 1.165) is 5.69 Å². The number of carbonyl (C=O) groups excluding carboxylic acids is 1. The number of benzene rings is 2. The van der Waals surface area contributed by atoms with E-state index in [1.807, 2.05) is 18.2 Å². The van der Waals surface area contributed by atoms with Gasteiger partial charge in [0.25, 0.3) is 0 Å². The largest absolute Gasteiger partial charge is 0.478 e. The second-order valence-electron chi connectivity index (χ2n) is 3.35. The molecule has 0 fully saturated rings. The number of hydrogen-bond acceptors (Lipinski definition) is 4. The van der Waals surface area contributed by atoms with Crippen molar-refractivity contribution in [3.8, 4) is 0 Å². The van der Waals surface area contributed by atoms with Crippen LogP contribution in [0.2, 0.25) is 0 Å². The Labute approximate surface area is 110 Å². The van der Waals surface area contributed by atoms with Gasteiger partial charge in [-0.1, -0.05) is 36.4 Å². The third-order valence-corrected chi connectivity index (χ3v) is 2.02. The van der Waals surface area contributed by atoms with E-state index in [2.05, 4.69) is 10.3 Å². The lowest BCUT2D eigenvalue weighted by atomic mass is 10.2. The van der Waals surface area contributed by atoms with E-state index in [-0.39, 0.29) is 0 Å². The van der Waals surface area contributed by atoms with Gasteiger partial charge in [0.05, 0.1) is 11.3 Å². The van der Waals surface area contributed by atoms with Crippen molar-refractivity contribution in [3.63, 3.8) is 0 Å². The van der Waals surface area contributed by atoms with Crippen LogP contribution in [0, 0.1) is 0 Å². The van der Waals surface area contributed by atoms with E-state index in [9.17, 15) is 9.59 Å². The number of aromatic carboxylic acids is 1. The first-order valence-corrected chi connectivity index (χ1v) is 5.42. The molecule has 0 amide bonds. The number of carboxylic acid groups (broad SMARTS) is 1. The summed E-state index contributed by atoms with van der Waals surface area (Å²) in [7, 11) is 0. The first-order chi connectivity index (χ1) is 9.24. The van der Waals surface area contributed by atoms with Crippen LogP contribution in [0.5, 0.6) is 0 Å². The fourth-order valence-electron chi connectivity index (χ4n) is 1.18. The second-order valence-corrected chi connectivity index (χ2v) is 3.35. The average molecular weight is 259 g/mol. The summed E-state index contributed by atoms with van der Waals surface area (Å²) in [4.78, 5) is 24.2. The maximum absolute atomic E-state index is 10.2. The van der Waals surface area contributed by atoms with Crippen molar-refractivity contribution in [3.05, 3.63) is 66.2 Å². The first-order valence-electron chi connectivity index (χ1n) is 5.42. The predicted octanol–water partition coefficient (Wildman–Crippen LogP) is 2.57. The number of nitrogens with one attached hydrogen (secondary N) is 1. The maximum Gasteiger partial charge on any atom is 0.335 e. The molecule has 0 aliphatic rings. The van der Waals surface area contributed by atoms with Crippen LogP contribution in [-0.4, -0.2) is 17.5 Å². The van der Waals surface area contributed by atoms with Crippen LogP contribution in [-0.2, 0) is 9.63 Å². The van der Waals surface area contributed by atoms with Crippen molar-refractivity contribution in [2.45, 2.75) is 0 Å². The number of anilines is 1. The molecule has 98 valence electrons. The van der Waals surface area contributed by atoms with E-state index in [4.69, 9.17) is 5.11 Å². The van der Waals surface area contributed by atoms with Gasteiger partial charge in [-0.05, 0) is 24.3 Å². The third kappa shape index (κ3) is 5.88. The Morgan fingerprint density at radius 3 is 1.95 bits per heavy atom. The molecule has 0 unspecified atom stereocenters. The van der Waals surface area contributed by atoms with Gasteiger partial charge in [0.2, 0.25) is 0 Å². The predicted molar refractivity (Wildman–Crippen MR) is 70.6 cm³/mol. The quantitative estimate of drug-likeness (QED) is 0.652. The van der Waals surface area contributed by atoms with Gasteiger partial charge in [-0.3, -0.25) is 4.79 Å². The summed E-state index contributed by atoms with van der Waals surface area (Å²) < 4.78 is 0. The molecule has 5 nitrogen and oxygen atoms in total. The zero-order chi connectivity index (χ0) is 13.9. The minimum absolute atomic E-state index is 0.331. The molecule has 0 bridgehead atoms. The average Bonchev–Trinajstić information content (AvgIpc) is 2.48. The molecule has 2 aromatic rings. The van der Waals surface area contributed by atoms with Gasteiger partial charge in [-0.2, -0.15) is 0 Å². The van der Waals surface area contributed by atoms with E-state index in [0.29, 0.717) is 12.0 Å². The van der Waals surface area contributed by atoms with Gasteiger partial charge in [0.1, 0.15) is 0 Å². The van der Waals surface area contributed by atoms with Gasteiger partial charge in [0, 0.05) is 0 Å². The lowest BCUT2D eigenvalue weighted by molar-refractivity contribution is -0.126. The van der Waals surface area contributed by atoms with E-state index in [1.54, 1.807) is 42.5 Å². The minimum atomic E-state index is -0.879. The molecule has 19 heavy (non-hydrogen) atoms. The van der Waals surface area contributed by atoms with Gasteiger partial charge in [-0.25, -0.2) is 10.3 Å². The lowest BCUT2D eigenvalue weighted by Gasteiger charge is -1.99. The number of carboxylic acids is 1. The van der Waals surface area contributed by atoms with Crippen LogP contribution in [0.4, 0.5) is 5.69 Å². The van der Waals surface area contributed by atoms with Crippen LogP contribution >= 0.6 is 0 Å². The van der Waals surface area contributed by atoms with E-state index in [1.165, 1.54) is 0 Å². The third-order valence-electron chi connectivity index (χ3n) is 2.02. The summed E-state index contributed by atoms with van der Waals surface area (Å²) in [5, 5.41) is 8.38. The van der Waals surface area contributed by atoms with Gasteiger partial charge in [0.15, 0.2) is 0 Å². The number of para-hydroxylation sites is 1. The Hall–Kier alpha value is -2.82. The van der Waals surface area contributed by atoms with Crippen molar-refractivity contribution in [1.82, 2.24) is 0 Å². The molecule has 2 rings (SSSR count). The summed E-state index contributed by atoms with van der Waals surface area (Å²) in [5.74, 6) is -0.879. The zero-order valence-electron chi connectivity index (χ0n) is 10.0. The molecular weight excluding hydrogens is 246 g/mol. The van der Waals surface area contributed by atoms with Gasteiger partial charge >= 0.3 is 12.4 Å². The van der Waals surface area contributed by atoms with Crippen LogP contribution in [0.25, 0.3) is 0 Å². The van der Waals surface area contributed by atoms with Crippen LogP contribution in [0.1, 0.15) is 10.4 Å². The molecule has 5 heteroatoms. The summed E-state index contributed by atoms with van der Waals surface area (Å²) in [5.41, 5.74) is 3.52. The fourth-order valence-corrected chi connectivity index (χ4v) is 1.18. The number of rotatable bonds is 4. The van der Waals surface area contributed by atoms with Crippen LogP contribution in [0.15, 0.2) is 60.7 Å². The van der Waals surface area contributed by atoms with Crippen LogP contribution in [0.3, 0.4) is 0 Å². The summed E-state index contributed by atoms with van der Waals surface area (Å²) in [6, 6.07) is 17.5. The molecule has 0 aliphatic heterocycles. The number of hydrogen-bond donors (Lipinski definition) is 2. The lowest BCUT2D eigenvalue weighted by Crippen LogP contribution is -1.97. The van der Waals surface area contributed by atoms with E-state index >= 15 is 0 Å². The SMILES string of the molecule is O=C(O)c1ccccc1.O=CONc1ccccc1.